The van der Waals surface area contributed by atoms with Gasteiger partial charge in [-0.1, -0.05) is 17.7 Å². The number of amides is 1. The molecule has 1 amide bonds. The van der Waals surface area contributed by atoms with Crippen molar-refractivity contribution in [2.45, 2.75) is 57.9 Å². The van der Waals surface area contributed by atoms with Gasteiger partial charge in [-0.3, -0.25) is 9.59 Å². The van der Waals surface area contributed by atoms with Crippen molar-refractivity contribution in [2.75, 3.05) is 13.1 Å². The summed E-state index contributed by atoms with van der Waals surface area (Å²) in [7, 11) is -3.60. The Morgan fingerprint density at radius 3 is 2.19 bits per heavy atom. The van der Waals surface area contributed by atoms with Gasteiger partial charge in [0.2, 0.25) is 15.9 Å². The quantitative estimate of drug-likeness (QED) is 0.765. The highest BCUT2D eigenvalue weighted by Crippen LogP contribution is 2.28. The molecule has 2 rings (SSSR count). The van der Waals surface area contributed by atoms with Crippen molar-refractivity contribution in [3.63, 3.8) is 0 Å². The number of carbonyl (C=O) groups excluding carboxylic acids is 1. The average Bonchev–Trinajstić information content (AvgIpc) is 2.52. The zero-order chi connectivity index (χ0) is 20.4. The summed E-state index contributed by atoms with van der Waals surface area (Å²) in [5, 5.41) is 11.5. The minimum absolute atomic E-state index is 0.134. The van der Waals surface area contributed by atoms with E-state index in [2.05, 4.69) is 5.32 Å². The number of hydrogen-bond acceptors (Lipinski definition) is 4. The Labute approximate surface area is 160 Å². The number of nitrogens with zero attached hydrogens (tertiary/aromatic N) is 1. The number of carbonyl (C=O) groups is 2. The smallest absolute Gasteiger partial charge is 0.305 e. The van der Waals surface area contributed by atoms with Crippen LogP contribution in [-0.4, -0.2) is 48.8 Å². The molecule has 1 unspecified atom stereocenters. The summed E-state index contributed by atoms with van der Waals surface area (Å²) in [6.07, 6.45) is 0.717. The Hall–Kier alpha value is -1.93. The van der Waals surface area contributed by atoms with E-state index >= 15 is 0 Å². The van der Waals surface area contributed by atoms with E-state index in [-0.39, 0.29) is 31.3 Å². The fourth-order valence-corrected chi connectivity index (χ4v) is 5.62. The molecule has 0 spiro atoms. The van der Waals surface area contributed by atoms with Gasteiger partial charge in [0.1, 0.15) is 0 Å². The number of carboxylic acids is 1. The van der Waals surface area contributed by atoms with Gasteiger partial charge in [0.05, 0.1) is 11.3 Å². The van der Waals surface area contributed by atoms with Gasteiger partial charge in [-0.05, 0) is 51.7 Å². The molecule has 0 radical (unpaired) electrons. The maximum atomic E-state index is 13.1. The van der Waals surface area contributed by atoms with Crippen molar-refractivity contribution >= 4 is 21.9 Å². The van der Waals surface area contributed by atoms with Gasteiger partial charge in [-0.25, -0.2) is 8.42 Å². The van der Waals surface area contributed by atoms with Gasteiger partial charge in [0, 0.05) is 25.0 Å². The summed E-state index contributed by atoms with van der Waals surface area (Å²) in [5.41, 5.74) is 2.49. The summed E-state index contributed by atoms with van der Waals surface area (Å²) < 4.78 is 27.6. The number of benzene rings is 1. The van der Waals surface area contributed by atoms with Crippen LogP contribution in [0.5, 0.6) is 0 Å². The predicted octanol–water partition coefficient (Wildman–Crippen LogP) is 1.99. The van der Waals surface area contributed by atoms with E-state index in [1.54, 1.807) is 20.8 Å². The Kier molecular flexibility index (Phi) is 6.64. The summed E-state index contributed by atoms with van der Waals surface area (Å²) in [5.74, 6) is -1.47. The van der Waals surface area contributed by atoms with Crippen LogP contribution in [0.25, 0.3) is 0 Å². The minimum atomic E-state index is -3.60. The molecule has 1 aliphatic heterocycles. The molecule has 1 fully saturated rings. The fraction of sp³-hybridized carbons (Fsp3) is 0.579. The third-order valence-corrected chi connectivity index (χ3v) is 7.10. The standard InChI is InChI=1S/C19H28N2O5S/c1-12-9-13(2)18(14(3)10-12)27(25,26)21-7-5-16(6-8-21)19(24)20-15(4)11-17(22)23/h9-10,15-16H,5-8,11H2,1-4H3,(H,20,24)(H,22,23). The molecule has 1 atom stereocenters. The van der Waals surface area contributed by atoms with Crippen LogP contribution in [0.4, 0.5) is 0 Å². The van der Waals surface area contributed by atoms with E-state index in [4.69, 9.17) is 5.11 Å². The van der Waals surface area contributed by atoms with E-state index in [9.17, 15) is 18.0 Å². The number of aliphatic carboxylic acids is 1. The van der Waals surface area contributed by atoms with Gasteiger partial charge < -0.3 is 10.4 Å². The molecule has 0 bridgehead atoms. The number of carboxylic acid groups (broad SMARTS) is 1. The highest BCUT2D eigenvalue weighted by atomic mass is 32.2. The Bertz CT molecular complexity index is 803. The van der Waals surface area contributed by atoms with E-state index in [1.165, 1.54) is 4.31 Å². The number of nitrogens with one attached hydrogen (secondary N) is 1. The molecular weight excluding hydrogens is 368 g/mol. The van der Waals surface area contributed by atoms with Crippen LogP contribution in [0, 0.1) is 26.7 Å². The van der Waals surface area contributed by atoms with Crippen molar-refractivity contribution in [1.29, 1.82) is 0 Å². The molecule has 27 heavy (non-hydrogen) atoms. The Balaban J connectivity index is 2.05. The van der Waals surface area contributed by atoms with Gasteiger partial charge >= 0.3 is 5.97 Å². The number of aryl methyl sites for hydroxylation is 3. The molecule has 1 aliphatic rings. The molecule has 7 nitrogen and oxygen atoms in total. The van der Waals surface area contributed by atoms with E-state index in [1.807, 2.05) is 19.1 Å². The first-order chi connectivity index (χ1) is 12.5. The van der Waals surface area contributed by atoms with Crippen LogP contribution in [0.15, 0.2) is 17.0 Å². The average molecular weight is 397 g/mol. The highest BCUT2D eigenvalue weighted by molar-refractivity contribution is 7.89. The zero-order valence-corrected chi connectivity index (χ0v) is 17.1. The summed E-state index contributed by atoms with van der Waals surface area (Å²) >= 11 is 0. The molecule has 8 heteroatoms. The largest absolute Gasteiger partial charge is 0.481 e. The minimum Gasteiger partial charge on any atom is -0.481 e. The third-order valence-electron chi connectivity index (χ3n) is 4.90. The van der Waals surface area contributed by atoms with Crippen molar-refractivity contribution in [3.05, 3.63) is 28.8 Å². The first kappa shape index (κ1) is 21.4. The monoisotopic (exact) mass is 396 g/mol. The molecule has 150 valence electrons. The maximum Gasteiger partial charge on any atom is 0.305 e. The summed E-state index contributed by atoms with van der Waals surface area (Å²) in [6.45, 7) is 7.75. The van der Waals surface area contributed by atoms with Crippen molar-refractivity contribution in [2.24, 2.45) is 5.92 Å². The van der Waals surface area contributed by atoms with Crippen LogP contribution in [0.3, 0.4) is 0 Å². The van der Waals surface area contributed by atoms with Crippen LogP contribution in [-0.2, 0) is 19.6 Å². The molecule has 0 saturated carbocycles. The number of sulfonamides is 1. The predicted molar refractivity (Wildman–Crippen MR) is 102 cm³/mol. The Morgan fingerprint density at radius 2 is 1.70 bits per heavy atom. The van der Waals surface area contributed by atoms with Crippen molar-refractivity contribution < 1.29 is 23.1 Å². The van der Waals surface area contributed by atoms with E-state index < -0.39 is 22.0 Å². The van der Waals surface area contributed by atoms with E-state index in [0.29, 0.717) is 17.7 Å². The van der Waals surface area contributed by atoms with Gasteiger partial charge in [0.25, 0.3) is 0 Å². The van der Waals surface area contributed by atoms with Crippen LogP contribution < -0.4 is 5.32 Å². The molecule has 2 N–H and O–H groups in total. The number of piperidine rings is 1. The summed E-state index contributed by atoms with van der Waals surface area (Å²) in [6, 6.07) is 3.28. The first-order valence-electron chi connectivity index (χ1n) is 9.12. The molecule has 1 aromatic rings. The third kappa shape index (κ3) is 5.07. The van der Waals surface area contributed by atoms with Gasteiger partial charge in [0.15, 0.2) is 0 Å². The second-order valence-corrected chi connectivity index (χ2v) is 9.29. The molecule has 1 saturated heterocycles. The molecular formula is C19H28N2O5S. The molecule has 0 aromatic heterocycles. The number of rotatable bonds is 6. The lowest BCUT2D eigenvalue weighted by Crippen LogP contribution is -2.45. The maximum absolute atomic E-state index is 13.1. The highest BCUT2D eigenvalue weighted by Gasteiger charge is 2.34. The second kappa shape index (κ2) is 8.39. The number of hydrogen-bond donors (Lipinski definition) is 2. The normalized spacial score (nSPS) is 17.5. The van der Waals surface area contributed by atoms with Gasteiger partial charge in [-0.2, -0.15) is 4.31 Å². The Morgan fingerprint density at radius 1 is 1.19 bits per heavy atom. The van der Waals surface area contributed by atoms with Crippen LogP contribution in [0.1, 0.15) is 42.9 Å². The van der Waals surface area contributed by atoms with Gasteiger partial charge in [-0.15, -0.1) is 0 Å². The second-order valence-electron chi connectivity index (χ2n) is 7.41. The molecule has 1 heterocycles. The lowest BCUT2D eigenvalue weighted by Gasteiger charge is -2.32. The van der Waals surface area contributed by atoms with E-state index in [0.717, 1.165) is 16.7 Å². The molecule has 1 aromatic carbocycles. The topological polar surface area (TPSA) is 104 Å². The zero-order valence-electron chi connectivity index (χ0n) is 16.3. The van der Waals surface area contributed by atoms with Crippen LogP contribution in [0.2, 0.25) is 0 Å². The van der Waals surface area contributed by atoms with Crippen molar-refractivity contribution in [3.8, 4) is 0 Å². The SMILES string of the molecule is Cc1cc(C)c(S(=O)(=O)N2CCC(C(=O)NC(C)CC(=O)O)CC2)c(C)c1. The molecule has 0 aliphatic carbocycles. The van der Waals surface area contributed by atoms with Crippen molar-refractivity contribution in [1.82, 2.24) is 9.62 Å². The fourth-order valence-electron chi connectivity index (χ4n) is 3.73. The lowest BCUT2D eigenvalue weighted by molar-refractivity contribution is -0.137. The van der Waals surface area contributed by atoms with Crippen LogP contribution >= 0.6 is 0 Å². The first-order valence-corrected chi connectivity index (χ1v) is 10.6. The lowest BCUT2D eigenvalue weighted by atomic mass is 9.97. The summed E-state index contributed by atoms with van der Waals surface area (Å²) in [4.78, 5) is 23.3.